The van der Waals surface area contributed by atoms with Crippen molar-refractivity contribution in [3.8, 4) is 6.07 Å². The molecule has 0 fully saturated rings. The summed E-state index contributed by atoms with van der Waals surface area (Å²) in [7, 11) is -3.60. The van der Waals surface area contributed by atoms with Crippen molar-refractivity contribution in [2.24, 2.45) is 0 Å². The zero-order chi connectivity index (χ0) is 15.7. The van der Waals surface area contributed by atoms with Crippen molar-refractivity contribution in [1.82, 2.24) is 0 Å². The Morgan fingerprint density at radius 1 is 1.29 bits per heavy atom. The summed E-state index contributed by atoms with van der Waals surface area (Å²) in [6.45, 7) is 3.83. The lowest BCUT2D eigenvalue weighted by molar-refractivity contribution is 0.227. The van der Waals surface area contributed by atoms with Gasteiger partial charge in [-0.15, -0.1) is 11.8 Å². The number of anilines is 1. The van der Waals surface area contributed by atoms with E-state index in [9.17, 15) is 9.83 Å². The first-order valence-corrected chi connectivity index (χ1v) is 9.28. The van der Waals surface area contributed by atoms with E-state index in [-0.39, 0.29) is 18.5 Å². The molecule has 1 N–H and O–H groups in total. The van der Waals surface area contributed by atoms with Crippen LogP contribution in [0.1, 0.15) is 13.8 Å². The SMILES string of the molecule is CCOP(=O)(OCC)/C(C#N)=C(/Nc1ccccc1)SC. The number of nitrogens with zero attached hydrogens (tertiary/aromatic N) is 1. The first-order chi connectivity index (χ1) is 10.1. The number of hydrogen-bond donors (Lipinski definition) is 1. The number of thioether (sulfide) groups is 1. The lowest BCUT2D eigenvalue weighted by Gasteiger charge is -2.19. The van der Waals surface area contributed by atoms with Crippen molar-refractivity contribution in [1.29, 1.82) is 5.26 Å². The second kappa shape index (κ2) is 8.91. The minimum absolute atomic E-state index is 0.00236. The summed E-state index contributed by atoms with van der Waals surface area (Å²) in [5.74, 6) is 0. The van der Waals surface area contributed by atoms with Gasteiger partial charge in [0.15, 0.2) is 5.31 Å². The molecule has 5 nitrogen and oxygen atoms in total. The fraction of sp³-hybridized carbons (Fsp3) is 0.357. The van der Waals surface area contributed by atoms with Crippen LogP contribution in [0.4, 0.5) is 5.69 Å². The predicted molar refractivity (Wildman–Crippen MR) is 87.1 cm³/mol. The largest absolute Gasteiger partial charge is 0.374 e. The molecular formula is C14H19N2O3PS. The number of nitriles is 1. The summed E-state index contributed by atoms with van der Waals surface area (Å²) in [6, 6.07) is 11.3. The van der Waals surface area contributed by atoms with Gasteiger partial charge in [-0.05, 0) is 32.2 Å². The molecule has 0 saturated heterocycles. The Labute approximate surface area is 129 Å². The maximum atomic E-state index is 12.8. The second-order valence-electron chi connectivity index (χ2n) is 3.82. The van der Waals surface area contributed by atoms with Crippen molar-refractivity contribution in [3.05, 3.63) is 40.7 Å². The van der Waals surface area contributed by atoms with E-state index in [2.05, 4.69) is 5.32 Å². The summed E-state index contributed by atoms with van der Waals surface area (Å²) >= 11 is 1.29. The van der Waals surface area contributed by atoms with Crippen LogP contribution in [0.2, 0.25) is 0 Å². The summed E-state index contributed by atoms with van der Waals surface area (Å²) < 4.78 is 23.2. The molecule has 0 amide bonds. The van der Waals surface area contributed by atoms with Gasteiger partial charge in [-0.2, -0.15) is 5.26 Å². The lowest BCUT2D eigenvalue weighted by Crippen LogP contribution is -2.04. The van der Waals surface area contributed by atoms with Crippen LogP contribution in [0.15, 0.2) is 40.7 Å². The number of rotatable bonds is 8. The van der Waals surface area contributed by atoms with Crippen LogP contribution in [0.3, 0.4) is 0 Å². The van der Waals surface area contributed by atoms with Crippen molar-refractivity contribution in [2.75, 3.05) is 24.8 Å². The van der Waals surface area contributed by atoms with Crippen molar-refractivity contribution in [3.63, 3.8) is 0 Å². The van der Waals surface area contributed by atoms with Crippen LogP contribution in [0, 0.1) is 11.3 Å². The molecule has 0 unspecified atom stereocenters. The van der Waals surface area contributed by atoms with Gasteiger partial charge >= 0.3 is 7.60 Å². The van der Waals surface area contributed by atoms with E-state index in [0.29, 0.717) is 5.03 Å². The Morgan fingerprint density at radius 2 is 1.86 bits per heavy atom. The monoisotopic (exact) mass is 326 g/mol. The van der Waals surface area contributed by atoms with E-state index in [1.807, 2.05) is 36.4 Å². The Morgan fingerprint density at radius 3 is 2.29 bits per heavy atom. The van der Waals surface area contributed by atoms with Gasteiger partial charge in [0.25, 0.3) is 0 Å². The van der Waals surface area contributed by atoms with Gasteiger partial charge in [0.05, 0.1) is 18.2 Å². The number of allylic oxidation sites excluding steroid dienone is 1. The molecule has 0 spiro atoms. The van der Waals surface area contributed by atoms with E-state index in [1.165, 1.54) is 11.8 Å². The molecule has 21 heavy (non-hydrogen) atoms. The lowest BCUT2D eigenvalue weighted by atomic mass is 10.3. The Kier molecular flexibility index (Phi) is 7.55. The minimum atomic E-state index is -3.60. The fourth-order valence-electron chi connectivity index (χ4n) is 1.60. The van der Waals surface area contributed by atoms with Gasteiger partial charge in [-0.1, -0.05) is 18.2 Å². The normalized spacial score (nSPS) is 12.5. The molecule has 1 aromatic carbocycles. The van der Waals surface area contributed by atoms with E-state index in [0.717, 1.165) is 5.69 Å². The van der Waals surface area contributed by atoms with Gasteiger partial charge in [-0.25, -0.2) is 0 Å². The molecule has 0 bridgehead atoms. The highest BCUT2D eigenvalue weighted by atomic mass is 32.2. The van der Waals surface area contributed by atoms with Crippen LogP contribution >= 0.6 is 19.4 Å². The number of nitrogens with one attached hydrogen (secondary N) is 1. The van der Waals surface area contributed by atoms with Gasteiger partial charge in [0.2, 0.25) is 0 Å². The average molecular weight is 326 g/mol. The third-order valence-corrected chi connectivity index (χ3v) is 5.36. The first-order valence-electron chi connectivity index (χ1n) is 6.51. The highest BCUT2D eigenvalue weighted by Gasteiger charge is 2.33. The van der Waals surface area contributed by atoms with Crippen LogP contribution in [0.25, 0.3) is 0 Å². The summed E-state index contributed by atoms with van der Waals surface area (Å²) in [4.78, 5) is 0. The molecule has 0 aliphatic carbocycles. The van der Waals surface area contributed by atoms with Crippen molar-refractivity contribution in [2.45, 2.75) is 13.8 Å². The highest BCUT2D eigenvalue weighted by molar-refractivity contribution is 8.02. The van der Waals surface area contributed by atoms with Gasteiger partial charge in [0.1, 0.15) is 6.07 Å². The third kappa shape index (κ3) is 4.90. The molecule has 7 heteroatoms. The van der Waals surface area contributed by atoms with Crippen LogP contribution in [-0.4, -0.2) is 19.5 Å². The zero-order valence-electron chi connectivity index (χ0n) is 12.3. The quantitative estimate of drug-likeness (QED) is 0.563. The van der Waals surface area contributed by atoms with E-state index >= 15 is 0 Å². The van der Waals surface area contributed by atoms with E-state index < -0.39 is 7.60 Å². The summed E-state index contributed by atoms with van der Waals surface area (Å²) in [5.41, 5.74) is 0.800. The molecule has 0 saturated carbocycles. The predicted octanol–water partition coefficient (Wildman–Crippen LogP) is 4.42. The molecule has 1 aromatic rings. The van der Waals surface area contributed by atoms with E-state index in [1.54, 1.807) is 20.1 Å². The third-order valence-electron chi connectivity index (χ3n) is 2.43. The molecule has 114 valence electrons. The molecule has 0 atom stereocenters. The first kappa shape index (κ1) is 17.8. The Bertz CT molecular complexity index is 559. The van der Waals surface area contributed by atoms with Crippen LogP contribution < -0.4 is 5.32 Å². The van der Waals surface area contributed by atoms with Gasteiger partial charge < -0.3 is 14.4 Å². The molecule has 0 aliphatic heterocycles. The maximum absolute atomic E-state index is 12.8. The molecule has 0 aromatic heterocycles. The highest BCUT2D eigenvalue weighted by Crippen LogP contribution is 2.57. The van der Waals surface area contributed by atoms with Crippen molar-refractivity contribution < 1.29 is 13.6 Å². The Balaban J connectivity index is 3.22. The smallest absolute Gasteiger partial charge is 0.349 e. The van der Waals surface area contributed by atoms with Gasteiger partial charge in [0, 0.05) is 5.69 Å². The summed E-state index contributed by atoms with van der Waals surface area (Å²) in [6.07, 6.45) is 1.80. The van der Waals surface area contributed by atoms with E-state index in [4.69, 9.17) is 9.05 Å². The molecule has 0 aliphatic rings. The van der Waals surface area contributed by atoms with Gasteiger partial charge in [-0.3, -0.25) is 4.57 Å². The number of hydrogen-bond acceptors (Lipinski definition) is 6. The maximum Gasteiger partial charge on any atom is 0.374 e. The standard InChI is InChI=1S/C14H19N2O3PS/c1-4-18-20(17,19-5-2)13(11-15)14(21-3)16-12-9-7-6-8-10-12/h6-10,16H,4-5H2,1-3H3/b14-13-. The second-order valence-corrected chi connectivity index (χ2v) is 6.59. The average Bonchev–Trinajstić information content (AvgIpc) is 2.48. The fourth-order valence-corrected chi connectivity index (χ4v) is 4.11. The Hall–Kier alpha value is -1.25. The molecular weight excluding hydrogens is 307 g/mol. The zero-order valence-corrected chi connectivity index (χ0v) is 14.0. The van der Waals surface area contributed by atoms with Crippen LogP contribution in [0.5, 0.6) is 0 Å². The molecule has 0 radical (unpaired) electrons. The summed E-state index contributed by atoms with van der Waals surface area (Å²) in [5, 5.41) is 13.0. The van der Waals surface area contributed by atoms with Crippen molar-refractivity contribution >= 4 is 25.0 Å². The number of para-hydroxylation sites is 1. The topological polar surface area (TPSA) is 71.3 Å². The van der Waals surface area contributed by atoms with Crippen LogP contribution in [-0.2, 0) is 13.6 Å². The molecule has 0 heterocycles. The molecule has 1 rings (SSSR count). The minimum Gasteiger partial charge on any atom is -0.349 e. The number of benzene rings is 1.